The first-order valence-electron chi connectivity index (χ1n) is 12.6. The van der Waals surface area contributed by atoms with Crippen LogP contribution in [0.15, 0.2) is 36.5 Å². The molecule has 0 aliphatic carbocycles. The van der Waals surface area contributed by atoms with Crippen molar-refractivity contribution in [2.24, 2.45) is 5.41 Å². The van der Waals surface area contributed by atoms with Gasteiger partial charge in [0.1, 0.15) is 17.3 Å². The van der Waals surface area contributed by atoms with Crippen molar-refractivity contribution < 1.29 is 28.1 Å². The lowest BCUT2D eigenvalue weighted by atomic mass is 9.75. The summed E-state index contributed by atoms with van der Waals surface area (Å²) < 4.78 is 46.1. The largest absolute Gasteiger partial charge is 0.497 e. The molecule has 0 atom stereocenters. The van der Waals surface area contributed by atoms with Crippen LogP contribution in [0.5, 0.6) is 5.75 Å². The number of aliphatic hydroxyl groups is 2. The molecule has 0 saturated carbocycles. The molecule has 0 radical (unpaired) electrons. The van der Waals surface area contributed by atoms with Gasteiger partial charge in [0.2, 0.25) is 0 Å². The summed E-state index contributed by atoms with van der Waals surface area (Å²) in [7, 11) is 1.62. The highest BCUT2D eigenvalue weighted by molar-refractivity contribution is 5.84. The van der Waals surface area contributed by atoms with E-state index in [-0.39, 0.29) is 24.3 Å². The van der Waals surface area contributed by atoms with Crippen molar-refractivity contribution >= 4 is 16.6 Å². The van der Waals surface area contributed by atoms with Crippen LogP contribution in [0.4, 0.5) is 18.9 Å². The predicted octanol–water partition coefficient (Wildman–Crippen LogP) is 4.66. The molecule has 4 rings (SSSR count). The molecule has 6 nitrogen and oxygen atoms in total. The van der Waals surface area contributed by atoms with Gasteiger partial charge in [-0.1, -0.05) is 0 Å². The molecular weight excluding hydrogens is 483 g/mol. The summed E-state index contributed by atoms with van der Waals surface area (Å²) >= 11 is 0. The van der Waals surface area contributed by atoms with Crippen molar-refractivity contribution in [3.63, 3.8) is 0 Å². The molecule has 1 aliphatic rings. The fraction of sp³-hybridized carbons (Fsp3) is 0.464. The zero-order valence-electron chi connectivity index (χ0n) is 21.1. The van der Waals surface area contributed by atoms with Gasteiger partial charge in [0.25, 0.3) is 0 Å². The number of fused-ring (bicyclic) bond motifs is 1. The normalized spacial score (nSPS) is 15.7. The highest BCUT2D eigenvalue weighted by Crippen LogP contribution is 2.37. The molecular formula is C28H34F3N3O3. The maximum atomic E-state index is 13.8. The van der Waals surface area contributed by atoms with Gasteiger partial charge in [0, 0.05) is 43.4 Å². The van der Waals surface area contributed by atoms with Crippen molar-refractivity contribution in [2.75, 3.05) is 45.2 Å². The number of halogens is 3. The van der Waals surface area contributed by atoms with Crippen molar-refractivity contribution in [1.82, 2.24) is 9.88 Å². The number of ether oxygens (including phenoxy) is 1. The number of hydrogen-bond donors (Lipinski definition) is 3. The van der Waals surface area contributed by atoms with Crippen molar-refractivity contribution in [3.8, 4) is 5.75 Å². The van der Waals surface area contributed by atoms with Gasteiger partial charge >= 0.3 is 0 Å². The van der Waals surface area contributed by atoms with E-state index in [9.17, 15) is 23.4 Å². The second-order valence-corrected chi connectivity index (χ2v) is 9.83. The van der Waals surface area contributed by atoms with Gasteiger partial charge in [-0.2, -0.15) is 0 Å². The zero-order valence-corrected chi connectivity index (χ0v) is 21.1. The van der Waals surface area contributed by atoms with Crippen LogP contribution in [0, 0.1) is 22.9 Å². The Kier molecular flexibility index (Phi) is 8.89. The Hall–Kier alpha value is -2.88. The van der Waals surface area contributed by atoms with E-state index in [1.165, 1.54) is 0 Å². The van der Waals surface area contributed by atoms with Crippen LogP contribution in [-0.4, -0.2) is 60.0 Å². The van der Waals surface area contributed by atoms with Gasteiger partial charge in [-0.25, -0.2) is 13.2 Å². The Balaban J connectivity index is 1.32. The Bertz CT molecular complexity index is 1190. The minimum Gasteiger partial charge on any atom is -0.497 e. The Labute approximate surface area is 215 Å². The fourth-order valence-electron chi connectivity index (χ4n) is 5.25. The van der Waals surface area contributed by atoms with E-state index >= 15 is 0 Å². The van der Waals surface area contributed by atoms with Crippen LogP contribution < -0.4 is 10.1 Å². The Morgan fingerprint density at radius 1 is 1.08 bits per heavy atom. The average molecular weight is 518 g/mol. The van der Waals surface area contributed by atoms with E-state index in [0.29, 0.717) is 25.2 Å². The van der Waals surface area contributed by atoms with Gasteiger partial charge < -0.3 is 25.2 Å². The molecule has 3 N–H and O–H groups in total. The van der Waals surface area contributed by atoms with Crippen LogP contribution in [-0.2, 0) is 13.0 Å². The molecule has 1 aromatic heterocycles. The number of hydrogen-bond acceptors (Lipinski definition) is 6. The summed E-state index contributed by atoms with van der Waals surface area (Å²) in [5, 5.41) is 23.9. The molecule has 0 bridgehead atoms. The number of anilines is 1. The van der Waals surface area contributed by atoms with Crippen LogP contribution in [0.3, 0.4) is 0 Å². The molecule has 1 saturated heterocycles. The standard InChI is InChI=1S/C28H34F3N3O3/c1-37-21-4-5-26-23(15-21)22(19(17-35)16-33-26)3-2-6-28(18-36)7-10-34(11-8-28)12-9-32-27-24(30)13-20(29)14-25(27)31/h4-5,13-16,32,35-36H,2-3,6-12,17-18H2,1H3. The molecule has 0 amide bonds. The monoisotopic (exact) mass is 517 g/mol. The van der Waals surface area contributed by atoms with Gasteiger partial charge in [-0.05, 0) is 79.9 Å². The Morgan fingerprint density at radius 2 is 1.81 bits per heavy atom. The summed E-state index contributed by atoms with van der Waals surface area (Å²) in [6.07, 6.45) is 5.82. The first-order valence-corrected chi connectivity index (χ1v) is 12.6. The molecule has 37 heavy (non-hydrogen) atoms. The Morgan fingerprint density at radius 3 is 2.46 bits per heavy atom. The fourth-order valence-corrected chi connectivity index (χ4v) is 5.25. The SMILES string of the molecule is COc1ccc2ncc(CO)c(CCCC3(CO)CCN(CCNc4c(F)cc(F)cc4F)CC3)c2c1. The topological polar surface area (TPSA) is 77.8 Å². The van der Waals surface area contributed by atoms with Gasteiger partial charge in [-0.15, -0.1) is 0 Å². The number of nitrogens with one attached hydrogen (secondary N) is 1. The lowest BCUT2D eigenvalue weighted by Crippen LogP contribution is -2.43. The number of aliphatic hydroxyl groups excluding tert-OH is 2. The number of rotatable bonds is 11. The number of piperidine rings is 1. The molecule has 1 fully saturated rings. The third kappa shape index (κ3) is 6.34. The third-order valence-corrected chi connectivity index (χ3v) is 7.57. The quantitative estimate of drug-likeness (QED) is 0.343. The summed E-state index contributed by atoms with van der Waals surface area (Å²) in [5.74, 6) is -2.09. The summed E-state index contributed by atoms with van der Waals surface area (Å²) in [4.78, 5) is 6.66. The predicted molar refractivity (Wildman–Crippen MR) is 137 cm³/mol. The second kappa shape index (κ2) is 12.1. The van der Waals surface area contributed by atoms with E-state index in [1.54, 1.807) is 13.3 Å². The molecule has 0 unspecified atom stereocenters. The number of benzene rings is 2. The first kappa shape index (κ1) is 27.2. The van der Waals surface area contributed by atoms with Crippen LogP contribution in [0.25, 0.3) is 10.9 Å². The molecule has 2 aromatic carbocycles. The van der Waals surface area contributed by atoms with Crippen molar-refractivity contribution in [2.45, 2.75) is 38.7 Å². The molecule has 200 valence electrons. The van der Waals surface area contributed by atoms with E-state index in [1.807, 2.05) is 18.2 Å². The lowest BCUT2D eigenvalue weighted by Gasteiger charge is -2.41. The summed E-state index contributed by atoms with van der Waals surface area (Å²) in [6.45, 7) is 2.47. The van der Waals surface area contributed by atoms with E-state index in [0.717, 1.165) is 73.0 Å². The van der Waals surface area contributed by atoms with E-state index in [4.69, 9.17) is 4.74 Å². The van der Waals surface area contributed by atoms with Crippen molar-refractivity contribution in [3.05, 3.63) is 65.1 Å². The number of aromatic nitrogens is 1. The van der Waals surface area contributed by atoms with Crippen LogP contribution in [0.1, 0.15) is 36.8 Å². The highest BCUT2D eigenvalue weighted by Gasteiger charge is 2.33. The van der Waals surface area contributed by atoms with E-state index in [2.05, 4.69) is 15.2 Å². The van der Waals surface area contributed by atoms with Gasteiger partial charge in [-0.3, -0.25) is 4.98 Å². The number of aryl methyl sites for hydroxylation is 1. The van der Waals surface area contributed by atoms with E-state index < -0.39 is 17.5 Å². The molecule has 9 heteroatoms. The summed E-state index contributed by atoms with van der Waals surface area (Å²) in [6, 6.07) is 7.06. The number of methoxy groups -OCH3 is 1. The van der Waals surface area contributed by atoms with Crippen LogP contribution in [0.2, 0.25) is 0 Å². The maximum absolute atomic E-state index is 13.8. The number of likely N-dealkylation sites (tertiary alicyclic amines) is 1. The minimum absolute atomic E-state index is 0.0880. The number of nitrogens with zero attached hydrogens (tertiary/aromatic N) is 2. The highest BCUT2D eigenvalue weighted by atomic mass is 19.1. The lowest BCUT2D eigenvalue weighted by molar-refractivity contribution is 0.0370. The maximum Gasteiger partial charge on any atom is 0.152 e. The average Bonchev–Trinajstić information content (AvgIpc) is 2.90. The second-order valence-electron chi connectivity index (χ2n) is 9.83. The zero-order chi connectivity index (χ0) is 26.4. The molecule has 0 spiro atoms. The minimum atomic E-state index is -0.944. The molecule has 2 heterocycles. The smallest absolute Gasteiger partial charge is 0.152 e. The molecule has 1 aliphatic heterocycles. The summed E-state index contributed by atoms with van der Waals surface area (Å²) in [5.41, 5.74) is 2.22. The van der Waals surface area contributed by atoms with Gasteiger partial charge in [0.05, 0.1) is 19.2 Å². The first-order chi connectivity index (χ1) is 17.9. The van der Waals surface area contributed by atoms with Gasteiger partial charge in [0.15, 0.2) is 11.6 Å². The van der Waals surface area contributed by atoms with Crippen LogP contribution >= 0.6 is 0 Å². The third-order valence-electron chi connectivity index (χ3n) is 7.57. The molecule has 3 aromatic rings. The van der Waals surface area contributed by atoms with Crippen molar-refractivity contribution in [1.29, 1.82) is 0 Å². The number of pyridine rings is 1.